The molecular weight excluding hydrogens is 1120 g/mol. The van der Waals surface area contributed by atoms with Crippen LogP contribution in [0.4, 0.5) is 3.89 Å². The Balaban J connectivity index is 1.94. The third-order valence-electron chi connectivity index (χ3n) is 12.8. The average Bonchev–Trinajstić information content (AvgIpc) is 3.91. The average molecular weight is 1200 g/mol. The summed E-state index contributed by atoms with van der Waals surface area (Å²) in [7, 11) is -5.17. The smallest absolute Gasteiger partial charge is 0.332 e. The SMILES string of the molecule is CSCC[C@H](NC(=O)[C@@H](N)C(C)C)C(=O)N[C@@H](C)C(=O)N1CCC[C@H]1C(=O)N[C@@H](CCCN=C(N)N)C(=O)N[C@H](C(=O)N[C@@H](CSc1cccc(S(=O)(=O)F)c1)C(=O)N[C@@H](Cc1ccccc1)C(=O)N[C@@H](CC(C)C)C(=O)O)[C@@H](C)O. The summed E-state index contributed by atoms with van der Waals surface area (Å²) >= 11 is 2.24. The van der Waals surface area contributed by atoms with Crippen molar-refractivity contribution in [3.8, 4) is 0 Å². The molecular formula is C52H79FN12O13S3. The number of rotatable bonds is 33. The first-order chi connectivity index (χ1) is 38.0. The highest BCUT2D eigenvalue weighted by Gasteiger charge is 2.40. The Labute approximate surface area is 480 Å². The van der Waals surface area contributed by atoms with E-state index in [2.05, 4.69) is 42.2 Å². The third kappa shape index (κ3) is 23.1. The van der Waals surface area contributed by atoms with Gasteiger partial charge in [0.05, 0.1) is 17.0 Å². The number of amides is 8. The summed E-state index contributed by atoms with van der Waals surface area (Å²) < 4.78 is 37.6. The Bertz CT molecular complexity index is 2630. The number of carbonyl (C=O) groups excluding carboxylic acids is 8. The maximum atomic E-state index is 14.4. The second kappa shape index (κ2) is 33.4. The van der Waals surface area contributed by atoms with E-state index in [-0.39, 0.29) is 74.3 Å². The van der Waals surface area contributed by atoms with Crippen LogP contribution in [-0.2, 0) is 59.8 Å². The van der Waals surface area contributed by atoms with Crippen LogP contribution in [-0.4, -0.2) is 174 Å². The number of hydrogen-bond acceptors (Lipinski definition) is 16. The molecule has 3 rings (SSSR count). The molecule has 1 saturated heterocycles. The molecule has 0 spiro atoms. The maximum Gasteiger partial charge on any atom is 0.332 e. The van der Waals surface area contributed by atoms with Crippen LogP contribution in [0.15, 0.2) is 69.4 Å². The van der Waals surface area contributed by atoms with E-state index in [1.807, 2.05) is 6.26 Å². The number of hydrogen-bond donors (Lipinski definition) is 12. The van der Waals surface area contributed by atoms with Gasteiger partial charge in [-0.05, 0) is 100.0 Å². The van der Waals surface area contributed by atoms with Gasteiger partial charge in [-0.25, -0.2) is 4.79 Å². The van der Waals surface area contributed by atoms with Gasteiger partial charge in [0.15, 0.2) is 5.96 Å². The number of carbonyl (C=O) groups is 9. The van der Waals surface area contributed by atoms with Crippen molar-refractivity contribution < 1.29 is 65.7 Å². The van der Waals surface area contributed by atoms with Gasteiger partial charge in [0.2, 0.25) is 47.3 Å². The molecule has 8 amide bonds. The number of carboxylic acids is 1. The van der Waals surface area contributed by atoms with Crippen molar-refractivity contribution in [3.05, 3.63) is 60.2 Å². The number of guanidine groups is 1. The van der Waals surface area contributed by atoms with Crippen molar-refractivity contribution in [2.75, 3.05) is 30.9 Å². The fourth-order valence-electron chi connectivity index (χ4n) is 8.34. The molecule has 29 heteroatoms. The number of halogens is 1. The van der Waals surface area contributed by atoms with Gasteiger partial charge in [-0.2, -0.15) is 20.2 Å². The number of aliphatic carboxylic acids is 1. The van der Waals surface area contributed by atoms with Crippen LogP contribution >= 0.6 is 23.5 Å². The van der Waals surface area contributed by atoms with Crippen molar-refractivity contribution >= 4 is 92.9 Å². The van der Waals surface area contributed by atoms with E-state index in [0.717, 1.165) is 30.8 Å². The lowest BCUT2D eigenvalue weighted by atomic mass is 10.0. The highest BCUT2D eigenvalue weighted by molar-refractivity contribution is 7.99. The van der Waals surface area contributed by atoms with E-state index in [1.54, 1.807) is 58.0 Å². The Morgan fingerprint density at radius 1 is 0.753 bits per heavy atom. The van der Waals surface area contributed by atoms with Crippen LogP contribution in [0.2, 0.25) is 0 Å². The van der Waals surface area contributed by atoms with Crippen molar-refractivity contribution in [1.29, 1.82) is 0 Å². The van der Waals surface area contributed by atoms with Gasteiger partial charge in [-0.15, -0.1) is 15.6 Å². The quantitative estimate of drug-likeness (QED) is 0.0139. The van der Waals surface area contributed by atoms with Crippen LogP contribution in [0.1, 0.15) is 85.6 Å². The molecule has 1 fully saturated rings. The number of aliphatic imine (C=N–C) groups is 1. The summed E-state index contributed by atoms with van der Waals surface area (Å²) in [4.78, 5) is 128. The Morgan fingerprint density at radius 3 is 1.94 bits per heavy atom. The minimum atomic E-state index is -5.17. The molecule has 0 radical (unpaired) electrons. The van der Waals surface area contributed by atoms with Crippen LogP contribution < -0.4 is 54.4 Å². The molecule has 25 nitrogen and oxygen atoms in total. The van der Waals surface area contributed by atoms with Crippen LogP contribution in [0.5, 0.6) is 0 Å². The summed E-state index contributed by atoms with van der Waals surface area (Å²) in [6.07, 6.45) is 0.700. The molecule has 0 bridgehead atoms. The summed E-state index contributed by atoms with van der Waals surface area (Å²) in [5.74, 6) is -8.54. The Morgan fingerprint density at radius 2 is 1.35 bits per heavy atom. The second-order valence-corrected chi connectivity index (χ2v) is 23.8. The number of aliphatic hydroxyl groups excluding tert-OH is 1. The van der Waals surface area contributed by atoms with Crippen LogP contribution in [0.3, 0.4) is 0 Å². The lowest BCUT2D eigenvalue weighted by Gasteiger charge is -2.30. The van der Waals surface area contributed by atoms with E-state index in [1.165, 1.54) is 35.7 Å². The van der Waals surface area contributed by atoms with E-state index in [4.69, 9.17) is 17.2 Å². The zero-order chi connectivity index (χ0) is 60.7. The van der Waals surface area contributed by atoms with Gasteiger partial charge in [-0.3, -0.25) is 43.3 Å². The molecule has 0 saturated carbocycles. The molecule has 0 aromatic heterocycles. The van der Waals surface area contributed by atoms with Gasteiger partial charge in [-0.1, -0.05) is 64.1 Å². The summed E-state index contributed by atoms with van der Waals surface area (Å²) in [5, 5.41) is 38.9. The van der Waals surface area contributed by atoms with Crippen molar-refractivity contribution in [1.82, 2.24) is 42.1 Å². The minimum absolute atomic E-state index is 0.0119. The van der Waals surface area contributed by atoms with E-state index in [9.17, 15) is 65.7 Å². The van der Waals surface area contributed by atoms with E-state index in [0.29, 0.717) is 17.7 Å². The zero-order valence-corrected chi connectivity index (χ0v) is 49.0. The standard InChI is InChI=1S/C52H79FN12O13S3/c1-28(2)24-38(51(75)76)62-45(69)37(25-32-14-9-8-10-15-32)61-46(70)39(27-80-33-16-11-17-34(26-33)81(53,77)78)63-49(73)42(31(6)66)64-44(68)35(18-12-21-57-52(55)56)59-47(71)40-19-13-22-65(40)50(74)30(5)58-43(67)36(20-23-79-7)60-48(72)41(54)29(3)4/h8-11,14-17,26,28-31,35-42,66H,12-13,18-25,27,54H2,1-7H3,(H,58,67)(H,59,71)(H,60,72)(H,61,70)(H,62,69)(H,63,73)(H,64,68)(H,75,76)(H4,55,56,57)/t30-,31+,35-,36-,37-,38-,39-,40-,41-,42-/m0/s1. The molecule has 2 aromatic rings. The number of aliphatic hydroxyl groups is 1. The monoisotopic (exact) mass is 1190 g/mol. The third-order valence-corrected chi connectivity index (χ3v) is 15.4. The highest BCUT2D eigenvalue weighted by Crippen LogP contribution is 2.24. The highest BCUT2D eigenvalue weighted by atomic mass is 32.3. The Hall–Kier alpha value is -6.56. The molecule has 1 aliphatic rings. The Kier molecular flexibility index (Phi) is 28.3. The number of carboxylic acid groups (broad SMARTS) is 1. The fraction of sp³-hybridized carbons (Fsp3) is 0.577. The number of nitrogens with one attached hydrogen (secondary N) is 7. The first-order valence-corrected chi connectivity index (χ1v) is 30.2. The van der Waals surface area contributed by atoms with Crippen molar-refractivity contribution in [2.45, 2.75) is 157 Å². The number of benzene rings is 2. The van der Waals surface area contributed by atoms with Crippen LogP contribution in [0, 0.1) is 11.8 Å². The van der Waals surface area contributed by atoms with Gasteiger partial charge in [0.1, 0.15) is 48.3 Å². The van der Waals surface area contributed by atoms with Gasteiger partial charge in [0, 0.05) is 30.2 Å². The van der Waals surface area contributed by atoms with Crippen LogP contribution in [0.25, 0.3) is 0 Å². The molecule has 10 atom stereocenters. The molecule has 0 aliphatic carbocycles. The first kappa shape index (κ1) is 68.7. The van der Waals surface area contributed by atoms with E-state index < -0.39 is 135 Å². The van der Waals surface area contributed by atoms with Gasteiger partial charge < -0.3 is 69.5 Å². The minimum Gasteiger partial charge on any atom is -0.480 e. The molecule has 1 aliphatic heterocycles. The molecule has 15 N–H and O–H groups in total. The number of nitrogens with zero attached hydrogens (tertiary/aromatic N) is 2. The molecule has 450 valence electrons. The molecule has 2 aromatic carbocycles. The van der Waals surface area contributed by atoms with Gasteiger partial charge >= 0.3 is 16.2 Å². The lowest BCUT2D eigenvalue weighted by Crippen LogP contribution is -2.62. The zero-order valence-electron chi connectivity index (χ0n) is 46.5. The van der Waals surface area contributed by atoms with E-state index >= 15 is 0 Å². The van der Waals surface area contributed by atoms with Crippen molar-refractivity contribution in [2.24, 2.45) is 34.0 Å². The van der Waals surface area contributed by atoms with Gasteiger partial charge in [0.25, 0.3) is 0 Å². The normalized spacial score (nSPS) is 16.7. The molecule has 81 heavy (non-hydrogen) atoms. The number of thioether (sulfide) groups is 2. The fourth-order valence-corrected chi connectivity index (χ4v) is 10.4. The largest absolute Gasteiger partial charge is 0.480 e. The second-order valence-electron chi connectivity index (χ2n) is 20.3. The van der Waals surface area contributed by atoms with Crippen molar-refractivity contribution in [3.63, 3.8) is 0 Å². The molecule has 1 heterocycles. The lowest BCUT2D eigenvalue weighted by molar-refractivity contribution is -0.142. The summed E-state index contributed by atoms with van der Waals surface area (Å²) in [5.41, 5.74) is 17.6. The maximum absolute atomic E-state index is 14.4. The number of nitrogens with two attached hydrogens (primary N) is 3. The summed E-state index contributed by atoms with van der Waals surface area (Å²) in [6, 6.07) is 1.02. The predicted octanol–water partition coefficient (Wildman–Crippen LogP) is -0.614. The first-order valence-electron chi connectivity index (χ1n) is 26.4. The predicted molar refractivity (Wildman–Crippen MR) is 304 cm³/mol. The molecule has 0 unspecified atom stereocenters. The summed E-state index contributed by atoms with van der Waals surface area (Å²) in [6.45, 7) is 9.70. The topological polar surface area (TPSA) is 406 Å². The number of likely N-dealkylation sites (tertiary alicyclic amines) is 1.